The first kappa shape index (κ1) is 11.1. The topological polar surface area (TPSA) is 88.0 Å². The molecular weight excluding hydrogens is 222 g/mol. The Labute approximate surface area is 96.5 Å². The average Bonchev–Trinajstić information content (AvgIpc) is 2.81. The first-order chi connectivity index (χ1) is 8.11. The van der Waals surface area contributed by atoms with Gasteiger partial charge in [0.25, 0.3) is 5.56 Å². The van der Waals surface area contributed by atoms with Crippen LogP contribution in [0.5, 0.6) is 0 Å². The SMILES string of the molecule is CC(c1ccn[nH]1)n1cccc(C(=O)O)c1=O. The van der Waals surface area contributed by atoms with Crippen LogP contribution in [0.25, 0.3) is 0 Å². The van der Waals surface area contributed by atoms with E-state index in [2.05, 4.69) is 10.2 Å². The molecule has 2 heterocycles. The Hall–Kier alpha value is -2.37. The summed E-state index contributed by atoms with van der Waals surface area (Å²) in [4.78, 5) is 22.7. The third kappa shape index (κ3) is 1.96. The van der Waals surface area contributed by atoms with Crippen LogP contribution in [-0.4, -0.2) is 25.8 Å². The Bertz CT molecular complexity index is 586. The molecule has 0 bridgehead atoms. The molecule has 1 atom stereocenters. The fourth-order valence-corrected chi connectivity index (χ4v) is 1.63. The number of nitrogens with one attached hydrogen (secondary N) is 1. The monoisotopic (exact) mass is 233 g/mol. The zero-order valence-electron chi connectivity index (χ0n) is 9.12. The lowest BCUT2D eigenvalue weighted by Gasteiger charge is -2.13. The van der Waals surface area contributed by atoms with Gasteiger partial charge < -0.3 is 9.67 Å². The van der Waals surface area contributed by atoms with Crippen molar-refractivity contribution in [1.82, 2.24) is 14.8 Å². The van der Waals surface area contributed by atoms with Gasteiger partial charge in [0.1, 0.15) is 5.56 Å². The van der Waals surface area contributed by atoms with Crippen LogP contribution in [0.2, 0.25) is 0 Å². The summed E-state index contributed by atoms with van der Waals surface area (Å²) in [5.74, 6) is -1.22. The number of hydrogen-bond acceptors (Lipinski definition) is 3. The minimum Gasteiger partial charge on any atom is -0.477 e. The molecule has 0 aliphatic carbocycles. The number of pyridine rings is 1. The predicted octanol–water partition coefficient (Wildman–Crippen LogP) is 0.879. The van der Waals surface area contributed by atoms with Crippen molar-refractivity contribution in [1.29, 1.82) is 0 Å². The Morgan fingerprint density at radius 2 is 2.29 bits per heavy atom. The van der Waals surface area contributed by atoms with Crippen LogP contribution in [0, 0.1) is 0 Å². The van der Waals surface area contributed by atoms with Gasteiger partial charge in [0, 0.05) is 12.4 Å². The largest absolute Gasteiger partial charge is 0.477 e. The first-order valence-corrected chi connectivity index (χ1v) is 5.05. The van der Waals surface area contributed by atoms with Crippen molar-refractivity contribution in [3.05, 3.63) is 52.2 Å². The summed E-state index contributed by atoms with van der Waals surface area (Å²) in [5, 5.41) is 15.4. The van der Waals surface area contributed by atoms with E-state index < -0.39 is 11.5 Å². The Morgan fingerprint density at radius 1 is 1.53 bits per heavy atom. The molecule has 1 unspecified atom stereocenters. The van der Waals surface area contributed by atoms with E-state index in [9.17, 15) is 9.59 Å². The Balaban J connectivity index is 2.50. The van der Waals surface area contributed by atoms with Gasteiger partial charge in [0.2, 0.25) is 0 Å². The highest BCUT2D eigenvalue weighted by atomic mass is 16.4. The number of H-pyrrole nitrogens is 1. The van der Waals surface area contributed by atoms with Crippen molar-refractivity contribution in [2.24, 2.45) is 0 Å². The summed E-state index contributed by atoms with van der Waals surface area (Å²) in [6.07, 6.45) is 3.14. The summed E-state index contributed by atoms with van der Waals surface area (Å²) in [6, 6.07) is 4.28. The van der Waals surface area contributed by atoms with Gasteiger partial charge in [-0.15, -0.1) is 0 Å². The van der Waals surface area contributed by atoms with Crippen molar-refractivity contribution in [3.63, 3.8) is 0 Å². The van der Waals surface area contributed by atoms with Gasteiger partial charge in [-0.25, -0.2) is 4.79 Å². The molecule has 2 rings (SSSR count). The van der Waals surface area contributed by atoms with Crippen LogP contribution in [0.1, 0.15) is 29.0 Å². The van der Waals surface area contributed by atoms with Gasteiger partial charge >= 0.3 is 5.97 Å². The maximum atomic E-state index is 11.9. The van der Waals surface area contributed by atoms with Crippen LogP contribution in [0.3, 0.4) is 0 Å². The molecule has 0 aliphatic rings. The molecular formula is C11H11N3O3. The number of hydrogen-bond donors (Lipinski definition) is 2. The molecule has 0 fully saturated rings. The van der Waals surface area contributed by atoms with Crippen LogP contribution >= 0.6 is 0 Å². The molecule has 0 amide bonds. The smallest absolute Gasteiger partial charge is 0.341 e. The zero-order valence-corrected chi connectivity index (χ0v) is 9.12. The fraction of sp³-hybridized carbons (Fsp3) is 0.182. The molecule has 2 N–H and O–H groups in total. The Kier molecular flexibility index (Phi) is 2.78. The predicted molar refractivity (Wildman–Crippen MR) is 60.1 cm³/mol. The van der Waals surface area contributed by atoms with Crippen LogP contribution in [0.4, 0.5) is 0 Å². The molecule has 0 aliphatic heterocycles. The second kappa shape index (κ2) is 4.25. The molecule has 0 saturated carbocycles. The first-order valence-electron chi connectivity index (χ1n) is 5.05. The number of carboxylic acid groups (broad SMARTS) is 1. The molecule has 6 nitrogen and oxygen atoms in total. The van der Waals surface area contributed by atoms with Gasteiger partial charge in [-0.3, -0.25) is 9.89 Å². The molecule has 6 heteroatoms. The molecule has 0 saturated heterocycles. The molecule has 0 spiro atoms. The lowest BCUT2D eigenvalue weighted by Crippen LogP contribution is -2.28. The molecule has 2 aromatic rings. The third-order valence-electron chi connectivity index (χ3n) is 2.59. The van der Waals surface area contributed by atoms with Gasteiger partial charge in [0.15, 0.2) is 0 Å². The summed E-state index contributed by atoms with van der Waals surface area (Å²) >= 11 is 0. The summed E-state index contributed by atoms with van der Waals surface area (Å²) in [7, 11) is 0. The lowest BCUT2D eigenvalue weighted by molar-refractivity contribution is 0.0694. The maximum Gasteiger partial charge on any atom is 0.341 e. The second-order valence-corrected chi connectivity index (χ2v) is 3.63. The number of carboxylic acids is 1. The highest BCUT2D eigenvalue weighted by molar-refractivity contribution is 5.86. The number of nitrogens with zero attached hydrogens (tertiary/aromatic N) is 2. The van der Waals surface area contributed by atoms with E-state index in [4.69, 9.17) is 5.11 Å². The molecule has 2 aromatic heterocycles. The normalized spacial score (nSPS) is 12.3. The fourth-order valence-electron chi connectivity index (χ4n) is 1.63. The quantitative estimate of drug-likeness (QED) is 0.823. The van der Waals surface area contributed by atoms with Crippen LogP contribution in [0.15, 0.2) is 35.4 Å². The van der Waals surface area contributed by atoms with E-state index in [-0.39, 0.29) is 11.6 Å². The van der Waals surface area contributed by atoms with Gasteiger partial charge in [-0.05, 0) is 25.1 Å². The summed E-state index contributed by atoms with van der Waals surface area (Å²) in [5.41, 5.74) is -0.0180. The van der Waals surface area contributed by atoms with Crippen molar-refractivity contribution >= 4 is 5.97 Å². The molecule has 0 aromatic carbocycles. The number of carbonyl (C=O) groups is 1. The van der Waals surface area contributed by atoms with E-state index in [1.807, 2.05) is 0 Å². The minimum absolute atomic E-state index is 0.237. The maximum absolute atomic E-state index is 11.9. The van der Waals surface area contributed by atoms with E-state index in [0.29, 0.717) is 0 Å². The Morgan fingerprint density at radius 3 is 2.88 bits per heavy atom. The van der Waals surface area contributed by atoms with Crippen LogP contribution in [-0.2, 0) is 0 Å². The van der Waals surface area contributed by atoms with E-state index in [0.717, 1.165) is 5.69 Å². The second-order valence-electron chi connectivity index (χ2n) is 3.63. The van der Waals surface area contributed by atoms with Crippen molar-refractivity contribution in [3.8, 4) is 0 Å². The van der Waals surface area contributed by atoms with E-state index >= 15 is 0 Å². The van der Waals surface area contributed by atoms with Gasteiger partial charge in [0.05, 0.1) is 11.7 Å². The van der Waals surface area contributed by atoms with E-state index in [1.54, 1.807) is 25.4 Å². The summed E-state index contributed by atoms with van der Waals surface area (Å²) in [6.45, 7) is 1.79. The van der Waals surface area contributed by atoms with Crippen molar-refractivity contribution in [2.75, 3.05) is 0 Å². The van der Waals surface area contributed by atoms with Crippen molar-refractivity contribution < 1.29 is 9.90 Å². The summed E-state index contributed by atoms with van der Waals surface area (Å²) < 4.78 is 1.36. The molecule has 88 valence electrons. The molecule has 0 radical (unpaired) electrons. The average molecular weight is 233 g/mol. The highest BCUT2D eigenvalue weighted by Crippen LogP contribution is 2.12. The molecule has 17 heavy (non-hydrogen) atoms. The van der Waals surface area contributed by atoms with Crippen LogP contribution < -0.4 is 5.56 Å². The number of rotatable bonds is 3. The van der Waals surface area contributed by atoms with Gasteiger partial charge in [-0.1, -0.05) is 0 Å². The van der Waals surface area contributed by atoms with Gasteiger partial charge in [-0.2, -0.15) is 5.10 Å². The lowest BCUT2D eigenvalue weighted by atomic mass is 10.2. The number of aromatic nitrogens is 3. The number of aromatic amines is 1. The van der Waals surface area contributed by atoms with E-state index in [1.165, 1.54) is 16.7 Å². The number of aromatic carboxylic acids is 1. The zero-order chi connectivity index (χ0) is 12.4. The minimum atomic E-state index is -1.22. The standard InChI is InChI=1S/C11H11N3O3/c1-7(9-4-5-12-13-9)14-6-2-3-8(10(14)15)11(16)17/h2-7H,1H3,(H,12,13)(H,16,17). The third-order valence-corrected chi connectivity index (χ3v) is 2.59. The highest BCUT2D eigenvalue weighted by Gasteiger charge is 2.15. The van der Waals surface area contributed by atoms with Crippen molar-refractivity contribution in [2.45, 2.75) is 13.0 Å².